The summed E-state index contributed by atoms with van der Waals surface area (Å²) in [6.45, 7) is 1.93. The molecule has 29 heteroatoms. The molecule has 19 nitrogen and oxygen atoms in total. The minimum absolute atomic E-state index is 0.205. The summed E-state index contributed by atoms with van der Waals surface area (Å²) in [4.78, 5) is 84.9. The van der Waals surface area contributed by atoms with Gasteiger partial charge >= 0.3 is 37.1 Å². The van der Waals surface area contributed by atoms with E-state index in [4.69, 9.17) is 4.74 Å². The lowest BCUT2D eigenvalue weighted by atomic mass is 9.77. The first-order valence-electron chi connectivity index (χ1n) is 29.2. The number of rotatable bonds is 24. The molecule has 1 aliphatic carbocycles. The molecule has 3 amide bonds. The zero-order valence-electron chi connectivity index (χ0n) is 51.4. The van der Waals surface area contributed by atoms with Crippen LogP contribution in [0.3, 0.4) is 0 Å². The molecule has 2 saturated heterocycles. The molecule has 7 atom stereocenters. The molecule has 2 aromatic carbocycles. The topological polar surface area (TPSA) is 206 Å². The minimum Gasteiger partial charge on any atom is -0.459 e. The maximum atomic E-state index is 16.5. The predicted octanol–water partition coefficient (Wildman–Crippen LogP) is 9.39. The number of alkyl carbamates (subject to hydrolysis) is 2. The Hall–Kier alpha value is -7.58. The molecular formula is C61H75F10N11O8. The number of ketones is 1. The number of esters is 1. The van der Waals surface area contributed by atoms with Crippen LogP contribution in [-0.2, 0) is 41.6 Å². The molecular weight excluding hydrogens is 1200 g/mol. The van der Waals surface area contributed by atoms with Crippen LogP contribution < -0.4 is 21.0 Å². The monoisotopic (exact) mass is 1280 g/mol. The van der Waals surface area contributed by atoms with E-state index in [0.717, 1.165) is 52.4 Å². The van der Waals surface area contributed by atoms with E-state index in [1.807, 2.05) is 10.6 Å². The number of aromatic nitrogens is 4. The van der Waals surface area contributed by atoms with Gasteiger partial charge in [0, 0.05) is 85.4 Å². The maximum absolute atomic E-state index is 16.5. The number of fused-ring (bicyclic) bond motifs is 2. The molecule has 3 aliphatic rings. The summed E-state index contributed by atoms with van der Waals surface area (Å²) in [5, 5.41) is 8.05. The molecule has 0 spiro atoms. The zero-order chi connectivity index (χ0) is 66.4. The van der Waals surface area contributed by atoms with Gasteiger partial charge in [0.15, 0.2) is 5.78 Å². The number of hydrazine groups is 1. The van der Waals surface area contributed by atoms with Crippen LogP contribution in [0.4, 0.5) is 59.4 Å². The van der Waals surface area contributed by atoms with Gasteiger partial charge in [-0.1, -0.05) is 44.2 Å². The molecule has 2 bridgehead atoms. The lowest BCUT2D eigenvalue weighted by Crippen LogP contribution is -2.62. The van der Waals surface area contributed by atoms with E-state index in [2.05, 4.69) is 51.6 Å². The average molecular weight is 1280 g/mol. The van der Waals surface area contributed by atoms with Crippen LogP contribution >= 0.6 is 0 Å². The first-order valence-corrected chi connectivity index (χ1v) is 29.2. The van der Waals surface area contributed by atoms with Crippen molar-refractivity contribution in [1.82, 2.24) is 50.6 Å². The Kier molecular flexibility index (Phi) is 22.3. The fourth-order valence-electron chi connectivity index (χ4n) is 11.6. The van der Waals surface area contributed by atoms with E-state index in [1.165, 1.54) is 50.4 Å². The third kappa shape index (κ3) is 16.5. The van der Waals surface area contributed by atoms with Crippen LogP contribution in [-0.4, -0.2) is 167 Å². The lowest BCUT2D eigenvalue weighted by Gasteiger charge is -2.48. The van der Waals surface area contributed by atoms with Crippen LogP contribution in [0.5, 0.6) is 0 Å². The highest BCUT2D eigenvalue weighted by molar-refractivity contribution is 5.89. The fraction of sp³-hybridized carbons (Fsp3) is 0.574. The van der Waals surface area contributed by atoms with Gasteiger partial charge in [-0.2, -0.15) is 40.2 Å². The van der Waals surface area contributed by atoms with Crippen molar-refractivity contribution < 1.29 is 82.1 Å². The molecule has 3 N–H and O–H groups in total. The van der Waals surface area contributed by atoms with Crippen LogP contribution in [0, 0.1) is 46.1 Å². The Balaban J connectivity index is 1.30. The van der Waals surface area contributed by atoms with Crippen molar-refractivity contribution in [3.8, 4) is 23.1 Å². The second-order valence-electron chi connectivity index (χ2n) is 24.6. The lowest BCUT2D eigenvalue weighted by molar-refractivity contribution is -0.221. The Morgan fingerprint density at radius 1 is 0.756 bits per heavy atom. The summed E-state index contributed by atoms with van der Waals surface area (Å²) in [5.41, 5.74) is -4.42. The number of likely N-dealkylation sites (N-methyl/N-ethyl adjacent to an activating group) is 1. The zero-order valence-corrected chi connectivity index (χ0v) is 51.4. The molecule has 2 aliphatic heterocycles. The summed E-state index contributed by atoms with van der Waals surface area (Å²) in [6.07, 6.45) is -6.75. The Bertz CT molecular complexity index is 3190. The molecule has 492 valence electrons. The number of nitrogens with one attached hydrogen (secondary N) is 3. The number of ether oxygens (including phenoxy) is 3. The van der Waals surface area contributed by atoms with Gasteiger partial charge in [-0.3, -0.25) is 29.6 Å². The molecule has 3 fully saturated rings. The highest BCUT2D eigenvalue weighted by Gasteiger charge is 2.57. The summed E-state index contributed by atoms with van der Waals surface area (Å²) >= 11 is 0. The fourth-order valence-corrected chi connectivity index (χ4v) is 11.6. The molecule has 2 aromatic heterocycles. The van der Waals surface area contributed by atoms with Gasteiger partial charge in [0.2, 0.25) is 5.95 Å². The van der Waals surface area contributed by atoms with Crippen molar-refractivity contribution in [3.63, 3.8) is 0 Å². The number of halogens is 10. The number of carbonyl (C=O) groups excluding carboxylic acids is 5. The number of benzene rings is 2. The van der Waals surface area contributed by atoms with E-state index in [-0.39, 0.29) is 15.9 Å². The van der Waals surface area contributed by atoms with Gasteiger partial charge < -0.3 is 29.7 Å². The third-order valence-electron chi connectivity index (χ3n) is 17.1. The summed E-state index contributed by atoms with van der Waals surface area (Å²) in [7, 11) is 4.65. The molecule has 7 rings (SSSR count). The standard InChI is InChI=1S/C61H75F10N11O8/c1-34(2)49(78(7)8)53(85)90-48(33-80(77-52(84)51(75-57(87)89-10)59(5,6)61(69,70)71)32-43-44(62)25-38(26-45(43)63)46-22-23-81(76-46)54(64)65)39(27-47(83)50(74-56(86)88-9)58(3,4)60(66,67)68)24-36-17-14-35(15-18-36)16-19-37-28-72-55(73-29-37)79-30-41-20-21-42(31-79)82(41)40-12-11-13-40/h14-15,17-18,22-23,25-26,28-29,34,39-42,48-51,54H,11-13,20-21,24,27,30-33H2,1-10H3,(H,74,86)(H,75,87)(H,77,84)/t39-,41?,42?,48+,49+,50-,51-/m1/s1. The van der Waals surface area contributed by atoms with Crippen LogP contribution in [0.1, 0.15) is 109 Å². The van der Waals surface area contributed by atoms with Crippen molar-refractivity contribution in [2.75, 3.05) is 52.8 Å². The molecule has 4 aromatic rings. The molecule has 4 heterocycles. The smallest absolute Gasteiger partial charge is 0.407 e. The van der Waals surface area contributed by atoms with Crippen molar-refractivity contribution in [2.24, 2.45) is 22.7 Å². The maximum Gasteiger partial charge on any atom is 0.407 e. The quantitative estimate of drug-likeness (QED) is 0.0197. The number of nitrogens with zero attached hydrogens (tertiary/aromatic N) is 8. The number of alkyl halides is 8. The van der Waals surface area contributed by atoms with Crippen molar-refractivity contribution >= 4 is 35.8 Å². The van der Waals surface area contributed by atoms with Gasteiger partial charge in [-0.15, -0.1) is 0 Å². The largest absolute Gasteiger partial charge is 0.459 e. The first-order chi connectivity index (χ1) is 42.1. The van der Waals surface area contributed by atoms with Crippen molar-refractivity contribution in [3.05, 3.63) is 94.9 Å². The minimum atomic E-state index is -5.27. The number of anilines is 1. The molecule has 90 heavy (non-hydrogen) atoms. The Morgan fingerprint density at radius 2 is 1.30 bits per heavy atom. The number of methoxy groups -OCH3 is 2. The predicted molar refractivity (Wildman–Crippen MR) is 308 cm³/mol. The van der Waals surface area contributed by atoms with E-state index >= 15 is 8.78 Å². The van der Waals surface area contributed by atoms with Gasteiger partial charge in [0.1, 0.15) is 35.9 Å². The van der Waals surface area contributed by atoms with Gasteiger partial charge in [-0.25, -0.2) is 38.0 Å². The third-order valence-corrected chi connectivity index (χ3v) is 17.1. The van der Waals surface area contributed by atoms with E-state index < -0.39 is 139 Å². The Morgan fingerprint density at radius 3 is 1.79 bits per heavy atom. The molecule has 1 saturated carbocycles. The first kappa shape index (κ1) is 69.9. The summed E-state index contributed by atoms with van der Waals surface area (Å²) in [6, 6.07) is 3.98. The highest BCUT2D eigenvalue weighted by atomic mass is 19.4. The average Bonchev–Trinajstić information content (AvgIpc) is 1.37. The molecule has 2 unspecified atom stereocenters. The van der Waals surface area contributed by atoms with Crippen LogP contribution in [0.2, 0.25) is 0 Å². The number of amides is 3. The molecule has 0 radical (unpaired) electrons. The number of hydrogen-bond donors (Lipinski definition) is 3. The van der Waals surface area contributed by atoms with E-state index in [9.17, 15) is 59.1 Å². The second-order valence-corrected chi connectivity index (χ2v) is 24.6. The number of Topliss-reactive ketones (excluding diaryl/α,β-unsaturated/α-hetero) is 1. The highest BCUT2D eigenvalue weighted by Crippen LogP contribution is 2.44. The van der Waals surface area contributed by atoms with Gasteiger partial charge in [0.05, 0.1) is 42.9 Å². The van der Waals surface area contributed by atoms with Crippen molar-refractivity contribution in [1.29, 1.82) is 0 Å². The van der Waals surface area contributed by atoms with Crippen LogP contribution in [0.25, 0.3) is 11.3 Å². The van der Waals surface area contributed by atoms with Gasteiger partial charge in [-0.05, 0) is 116 Å². The van der Waals surface area contributed by atoms with Crippen molar-refractivity contribution in [2.45, 2.75) is 154 Å². The normalized spacial score (nSPS) is 18.3. The SMILES string of the molecule is COC(=O)N[C@H](C(=O)C[C@@H](Cc1ccc(C#Cc2cnc(N3CC4CCC(C3)N4C3CCC3)nc2)cc1)[C@H](CN(Cc1c(F)cc(-c2ccn(C(F)F)n2)cc1F)NC(=O)[C@@H](NC(=O)OC)C(C)(C)C(F)(F)F)OC(=O)[C@H](C(C)C)N(C)C)C(C)(C)C(F)(F)F. The number of carbonyl (C=O) groups is 5. The number of piperazine rings is 1. The Labute approximate surface area is 514 Å². The summed E-state index contributed by atoms with van der Waals surface area (Å²) < 4.78 is 165. The second kappa shape index (κ2) is 28.7. The summed E-state index contributed by atoms with van der Waals surface area (Å²) in [5.74, 6) is -2.37. The van der Waals surface area contributed by atoms with Crippen LogP contribution in [0.15, 0.2) is 61.1 Å². The van der Waals surface area contributed by atoms with Gasteiger partial charge in [0.25, 0.3) is 5.91 Å². The van der Waals surface area contributed by atoms with E-state index in [1.54, 1.807) is 38.4 Å². The number of hydrogen-bond acceptors (Lipinski definition) is 15. The van der Waals surface area contributed by atoms with E-state index in [0.29, 0.717) is 85.6 Å².